The Balaban J connectivity index is 1.56. The molecule has 2 aliphatic rings. The topological polar surface area (TPSA) is 104 Å². The van der Waals surface area contributed by atoms with Crippen LogP contribution in [0.15, 0.2) is 65.4 Å². The van der Waals surface area contributed by atoms with Crippen molar-refractivity contribution in [3.05, 3.63) is 70.5 Å². The third kappa shape index (κ3) is 5.25. The number of guanidine groups is 1. The molecular weight excluding hydrogens is 396 g/mol. The van der Waals surface area contributed by atoms with E-state index >= 15 is 0 Å². The SMILES string of the molecule is COc1ccc(NC2=NC(Nc3cccc([N+](=O)[O-])c3)C=C(N3CCCCC3)N2)cc1. The first-order chi connectivity index (χ1) is 15.1. The Labute approximate surface area is 181 Å². The molecule has 0 aliphatic carbocycles. The van der Waals surface area contributed by atoms with Gasteiger partial charge in [-0.2, -0.15) is 0 Å². The van der Waals surface area contributed by atoms with Gasteiger partial charge in [0.2, 0.25) is 5.96 Å². The molecule has 1 atom stereocenters. The molecule has 0 spiro atoms. The number of hydrogen-bond donors (Lipinski definition) is 3. The van der Waals surface area contributed by atoms with Crippen molar-refractivity contribution in [2.45, 2.75) is 25.4 Å². The quantitative estimate of drug-likeness (QED) is 0.481. The molecule has 1 saturated heterocycles. The maximum absolute atomic E-state index is 11.1. The van der Waals surface area contributed by atoms with Gasteiger partial charge >= 0.3 is 0 Å². The Morgan fingerprint density at radius 1 is 1.13 bits per heavy atom. The van der Waals surface area contributed by atoms with Crippen molar-refractivity contribution < 1.29 is 9.66 Å². The van der Waals surface area contributed by atoms with Crippen molar-refractivity contribution in [1.82, 2.24) is 10.2 Å². The molecule has 2 aromatic carbocycles. The zero-order valence-electron chi connectivity index (χ0n) is 17.4. The van der Waals surface area contributed by atoms with Crippen molar-refractivity contribution in [2.24, 2.45) is 4.99 Å². The number of hydrogen-bond acceptors (Lipinski definition) is 8. The molecule has 2 aliphatic heterocycles. The van der Waals surface area contributed by atoms with Crippen LogP contribution in [0.3, 0.4) is 0 Å². The molecular formula is C22H26N6O3. The molecule has 0 aromatic heterocycles. The fourth-order valence-electron chi connectivity index (χ4n) is 3.67. The van der Waals surface area contributed by atoms with E-state index in [2.05, 4.69) is 20.9 Å². The zero-order chi connectivity index (χ0) is 21.6. The third-order valence-corrected chi connectivity index (χ3v) is 5.25. The van der Waals surface area contributed by atoms with Crippen molar-refractivity contribution in [3.63, 3.8) is 0 Å². The van der Waals surface area contributed by atoms with Crippen LogP contribution in [-0.4, -0.2) is 42.1 Å². The lowest BCUT2D eigenvalue weighted by atomic mass is 10.1. The van der Waals surface area contributed by atoms with E-state index in [4.69, 9.17) is 9.73 Å². The van der Waals surface area contributed by atoms with Gasteiger partial charge in [0.25, 0.3) is 5.69 Å². The van der Waals surface area contributed by atoms with E-state index in [0.29, 0.717) is 11.6 Å². The van der Waals surface area contributed by atoms with Gasteiger partial charge in [-0.1, -0.05) is 6.07 Å². The summed E-state index contributed by atoms with van der Waals surface area (Å²) in [6.07, 6.45) is 5.19. The summed E-state index contributed by atoms with van der Waals surface area (Å²) in [5.41, 5.74) is 1.56. The highest BCUT2D eigenvalue weighted by Crippen LogP contribution is 2.22. The molecule has 0 bridgehead atoms. The molecule has 2 heterocycles. The molecule has 1 unspecified atom stereocenters. The first-order valence-corrected chi connectivity index (χ1v) is 10.3. The van der Waals surface area contributed by atoms with Crippen LogP contribution in [0.2, 0.25) is 0 Å². The minimum atomic E-state index is -0.400. The van der Waals surface area contributed by atoms with Gasteiger partial charge in [-0.25, -0.2) is 4.99 Å². The number of benzene rings is 2. The monoisotopic (exact) mass is 422 g/mol. The van der Waals surface area contributed by atoms with E-state index in [9.17, 15) is 10.1 Å². The molecule has 9 heteroatoms. The van der Waals surface area contributed by atoms with Gasteiger partial charge < -0.3 is 25.6 Å². The number of ether oxygens (including phenoxy) is 1. The summed E-state index contributed by atoms with van der Waals surface area (Å²) >= 11 is 0. The zero-order valence-corrected chi connectivity index (χ0v) is 17.4. The molecule has 9 nitrogen and oxygen atoms in total. The number of methoxy groups -OCH3 is 1. The predicted molar refractivity (Wildman–Crippen MR) is 121 cm³/mol. The number of likely N-dealkylation sites (tertiary alicyclic amines) is 1. The number of nitrogens with one attached hydrogen (secondary N) is 3. The van der Waals surface area contributed by atoms with Crippen molar-refractivity contribution >= 4 is 23.0 Å². The van der Waals surface area contributed by atoms with Crippen LogP contribution in [0.5, 0.6) is 5.75 Å². The Bertz CT molecular complexity index is 983. The van der Waals surface area contributed by atoms with E-state index in [-0.39, 0.29) is 11.9 Å². The number of rotatable bonds is 6. The summed E-state index contributed by atoms with van der Waals surface area (Å²) in [5.74, 6) is 2.37. The number of nitro benzene ring substituents is 1. The van der Waals surface area contributed by atoms with E-state index < -0.39 is 4.92 Å². The number of piperidine rings is 1. The Morgan fingerprint density at radius 2 is 1.90 bits per heavy atom. The van der Waals surface area contributed by atoms with Gasteiger partial charge in [0.1, 0.15) is 17.7 Å². The standard InChI is InChI=1S/C22H26N6O3/c1-31-19-10-8-16(9-11-19)24-22-25-20(15-21(26-22)27-12-3-2-4-13-27)23-17-6-5-7-18(14-17)28(29)30/h5-11,14-15,20,23H,2-4,12-13H2,1H3,(H2,24,25,26). The van der Waals surface area contributed by atoms with Crippen LogP contribution >= 0.6 is 0 Å². The highest BCUT2D eigenvalue weighted by molar-refractivity contribution is 5.95. The van der Waals surface area contributed by atoms with Crippen LogP contribution in [-0.2, 0) is 0 Å². The molecule has 31 heavy (non-hydrogen) atoms. The second-order valence-electron chi connectivity index (χ2n) is 7.45. The van der Waals surface area contributed by atoms with E-state index in [1.807, 2.05) is 30.3 Å². The van der Waals surface area contributed by atoms with Gasteiger partial charge in [0.15, 0.2) is 0 Å². The smallest absolute Gasteiger partial charge is 0.271 e. The fraction of sp³-hybridized carbons (Fsp3) is 0.318. The van der Waals surface area contributed by atoms with E-state index in [0.717, 1.165) is 43.2 Å². The number of nitro groups is 1. The molecule has 0 amide bonds. The minimum Gasteiger partial charge on any atom is -0.497 e. The van der Waals surface area contributed by atoms with E-state index in [1.54, 1.807) is 19.2 Å². The molecule has 0 radical (unpaired) electrons. The van der Waals surface area contributed by atoms with Crippen LogP contribution in [0.1, 0.15) is 19.3 Å². The number of aliphatic imine (C=N–C) groups is 1. The second kappa shape index (κ2) is 9.38. The van der Waals surface area contributed by atoms with Crippen LogP contribution in [0.25, 0.3) is 0 Å². The summed E-state index contributed by atoms with van der Waals surface area (Å²) in [5, 5.41) is 21.1. The van der Waals surface area contributed by atoms with Crippen molar-refractivity contribution in [2.75, 3.05) is 30.8 Å². The average molecular weight is 422 g/mol. The highest BCUT2D eigenvalue weighted by atomic mass is 16.6. The summed E-state index contributed by atoms with van der Waals surface area (Å²) in [6, 6.07) is 14.1. The molecule has 4 rings (SSSR count). The molecule has 162 valence electrons. The largest absolute Gasteiger partial charge is 0.497 e. The Morgan fingerprint density at radius 3 is 2.61 bits per heavy atom. The first-order valence-electron chi connectivity index (χ1n) is 10.3. The van der Waals surface area contributed by atoms with Gasteiger partial charge in [-0.3, -0.25) is 10.1 Å². The predicted octanol–water partition coefficient (Wildman–Crippen LogP) is 3.74. The Kier molecular flexibility index (Phi) is 6.21. The lowest BCUT2D eigenvalue weighted by Crippen LogP contribution is -2.45. The van der Waals surface area contributed by atoms with Crippen LogP contribution < -0.4 is 20.7 Å². The average Bonchev–Trinajstić information content (AvgIpc) is 2.80. The molecule has 1 fully saturated rings. The lowest BCUT2D eigenvalue weighted by molar-refractivity contribution is -0.384. The van der Waals surface area contributed by atoms with E-state index in [1.165, 1.54) is 18.6 Å². The summed E-state index contributed by atoms with van der Waals surface area (Å²) < 4.78 is 5.22. The summed E-state index contributed by atoms with van der Waals surface area (Å²) in [7, 11) is 1.63. The Hall–Kier alpha value is -3.75. The fourth-order valence-corrected chi connectivity index (χ4v) is 3.67. The maximum atomic E-state index is 11.1. The number of nitrogens with zero attached hydrogens (tertiary/aromatic N) is 3. The highest BCUT2D eigenvalue weighted by Gasteiger charge is 2.21. The normalized spacial score (nSPS) is 18.4. The molecule has 2 aromatic rings. The third-order valence-electron chi connectivity index (χ3n) is 5.25. The first kappa shape index (κ1) is 20.5. The van der Waals surface area contributed by atoms with Gasteiger partial charge in [0.05, 0.1) is 12.0 Å². The van der Waals surface area contributed by atoms with Gasteiger partial charge in [-0.15, -0.1) is 0 Å². The van der Waals surface area contributed by atoms with Crippen molar-refractivity contribution in [1.29, 1.82) is 0 Å². The summed E-state index contributed by atoms with van der Waals surface area (Å²) in [6.45, 7) is 1.97. The molecule has 3 N–H and O–H groups in total. The second-order valence-corrected chi connectivity index (χ2v) is 7.45. The number of non-ortho nitro benzene ring substituents is 1. The van der Waals surface area contributed by atoms with Crippen molar-refractivity contribution in [3.8, 4) is 5.75 Å². The number of anilines is 2. The van der Waals surface area contributed by atoms with Crippen LogP contribution in [0, 0.1) is 10.1 Å². The van der Waals surface area contributed by atoms with Crippen LogP contribution in [0.4, 0.5) is 17.1 Å². The van der Waals surface area contributed by atoms with Gasteiger partial charge in [0, 0.05) is 42.7 Å². The minimum absolute atomic E-state index is 0.0414. The molecule has 0 saturated carbocycles. The summed E-state index contributed by atoms with van der Waals surface area (Å²) in [4.78, 5) is 17.7. The van der Waals surface area contributed by atoms with Gasteiger partial charge in [-0.05, 0) is 49.6 Å². The lowest BCUT2D eigenvalue weighted by Gasteiger charge is -2.34. The maximum Gasteiger partial charge on any atom is 0.271 e.